The molecule has 0 spiro atoms. The molecule has 4 heteroatoms. The molecule has 0 heterocycles. The second kappa shape index (κ2) is 10.2. The zero-order valence-corrected chi connectivity index (χ0v) is 14.3. The van der Waals surface area contributed by atoms with Crippen LogP contribution in [0.1, 0.15) is 45.2 Å². The van der Waals surface area contributed by atoms with Gasteiger partial charge in [0.2, 0.25) is 0 Å². The minimum absolute atomic E-state index is 0.287. The average Bonchev–Trinajstić information content (AvgIpc) is 2.44. The summed E-state index contributed by atoms with van der Waals surface area (Å²) in [7, 11) is 0. The van der Waals surface area contributed by atoms with Crippen LogP contribution in [-0.4, -0.2) is 26.4 Å². The smallest absolute Gasteiger partial charge is 0.125 e. The number of nitrogens with one attached hydrogen (secondary N) is 1. The molecule has 0 aliphatic carbocycles. The summed E-state index contributed by atoms with van der Waals surface area (Å²) in [4.78, 5) is 0. The monoisotopic (exact) mass is 343 g/mol. The summed E-state index contributed by atoms with van der Waals surface area (Å²) >= 11 is 3.50. The lowest BCUT2D eigenvalue weighted by Crippen LogP contribution is -2.20. The summed E-state index contributed by atoms with van der Waals surface area (Å²) < 4.78 is 12.4. The summed E-state index contributed by atoms with van der Waals surface area (Å²) in [6.45, 7) is 9.47. The molecule has 1 atom stereocenters. The third-order valence-electron chi connectivity index (χ3n) is 2.98. The number of hydrogen-bond donors (Lipinski definition) is 1. The Bertz CT molecular complexity index is 385. The van der Waals surface area contributed by atoms with Crippen LogP contribution in [0.5, 0.6) is 5.75 Å². The van der Waals surface area contributed by atoms with E-state index in [0.717, 1.165) is 36.2 Å². The highest BCUT2D eigenvalue weighted by atomic mass is 79.9. The van der Waals surface area contributed by atoms with Gasteiger partial charge >= 0.3 is 0 Å². The molecule has 0 amide bonds. The minimum Gasteiger partial charge on any atom is -0.491 e. The van der Waals surface area contributed by atoms with Gasteiger partial charge in [0.05, 0.1) is 6.61 Å². The second-order valence-electron chi connectivity index (χ2n) is 4.82. The topological polar surface area (TPSA) is 30.5 Å². The van der Waals surface area contributed by atoms with Gasteiger partial charge in [0.15, 0.2) is 0 Å². The summed E-state index contributed by atoms with van der Waals surface area (Å²) in [6, 6.07) is 6.48. The lowest BCUT2D eigenvalue weighted by Gasteiger charge is -2.18. The molecule has 0 radical (unpaired) electrons. The highest BCUT2D eigenvalue weighted by Crippen LogP contribution is 2.28. The maximum atomic E-state index is 5.87. The Morgan fingerprint density at radius 1 is 1.15 bits per heavy atom. The Morgan fingerprint density at radius 2 is 1.95 bits per heavy atom. The Hall–Kier alpha value is -0.580. The van der Waals surface area contributed by atoms with Gasteiger partial charge in [0.1, 0.15) is 12.4 Å². The number of rotatable bonds is 10. The first-order valence-corrected chi connectivity index (χ1v) is 8.21. The molecule has 20 heavy (non-hydrogen) atoms. The molecule has 1 unspecified atom stereocenters. The molecule has 0 saturated carbocycles. The van der Waals surface area contributed by atoms with E-state index >= 15 is 0 Å². The van der Waals surface area contributed by atoms with Crippen LogP contribution in [0.25, 0.3) is 0 Å². The van der Waals surface area contributed by atoms with E-state index in [1.165, 1.54) is 5.56 Å². The van der Waals surface area contributed by atoms with Crippen molar-refractivity contribution >= 4 is 15.9 Å². The normalized spacial score (nSPS) is 12.4. The van der Waals surface area contributed by atoms with Crippen molar-refractivity contribution in [3.05, 3.63) is 28.2 Å². The van der Waals surface area contributed by atoms with Crippen molar-refractivity contribution in [2.75, 3.05) is 26.4 Å². The highest BCUT2D eigenvalue weighted by Gasteiger charge is 2.11. The Labute approximate surface area is 131 Å². The predicted octanol–water partition coefficient (Wildman–Crippen LogP) is 4.32. The standard InChI is InChI=1S/C16H26BrNO2/c1-4-8-18-13(3)15-7-6-14(17)12-16(15)20-11-10-19-9-5-2/h6-7,12-13,18H,4-5,8-11H2,1-3H3. The summed E-state index contributed by atoms with van der Waals surface area (Å²) in [5, 5.41) is 3.49. The first-order valence-electron chi connectivity index (χ1n) is 7.42. The van der Waals surface area contributed by atoms with Crippen LogP contribution in [0.2, 0.25) is 0 Å². The third-order valence-corrected chi connectivity index (χ3v) is 3.47. The Morgan fingerprint density at radius 3 is 2.65 bits per heavy atom. The lowest BCUT2D eigenvalue weighted by molar-refractivity contribution is 0.100. The van der Waals surface area contributed by atoms with E-state index < -0.39 is 0 Å². The summed E-state index contributed by atoms with van der Waals surface area (Å²) in [6.07, 6.45) is 2.17. The van der Waals surface area contributed by atoms with Gasteiger partial charge < -0.3 is 14.8 Å². The number of benzene rings is 1. The Balaban J connectivity index is 2.60. The molecule has 0 fully saturated rings. The zero-order chi connectivity index (χ0) is 14.8. The number of halogens is 1. The molecule has 0 aliphatic rings. The fraction of sp³-hybridized carbons (Fsp3) is 0.625. The van der Waals surface area contributed by atoms with Gasteiger partial charge in [-0.3, -0.25) is 0 Å². The SMILES string of the molecule is CCCNC(C)c1ccc(Br)cc1OCCOCCC. The molecule has 0 bridgehead atoms. The molecule has 1 aromatic carbocycles. The first-order chi connectivity index (χ1) is 9.69. The molecule has 1 N–H and O–H groups in total. The molecule has 0 aliphatic heterocycles. The third kappa shape index (κ3) is 6.25. The van der Waals surface area contributed by atoms with Crippen molar-refractivity contribution in [1.29, 1.82) is 0 Å². The number of hydrogen-bond acceptors (Lipinski definition) is 3. The van der Waals surface area contributed by atoms with Crippen LogP contribution in [0.15, 0.2) is 22.7 Å². The molecule has 0 aromatic heterocycles. The van der Waals surface area contributed by atoms with E-state index in [4.69, 9.17) is 9.47 Å². The van der Waals surface area contributed by atoms with Crippen LogP contribution in [-0.2, 0) is 4.74 Å². The van der Waals surface area contributed by atoms with Crippen molar-refractivity contribution < 1.29 is 9.47 Å². The first kappa shape index (κ1) is 17.5. The van der Waals surface area contributed by atoms with Crippen LogP contribution in [0, 0.1) is 0 Å². The Kier molecular flexibility index (Phi) is 8.90. The van der Waals surface area contributed by atoms with Gasteiger partial charge in [0, 0.05) is 22.7 Å². The summed E-state index contributed by atoms with van der Waals surface area (Å²) in [5.41, 5.74) is 1.19. The van der Waals surface area contributed by atoms with E-state index in [0.29, 0.717) is 13.2 Å². The fourth-order valence-electron chi connectivity index (χ4n) is 1.92. The average molecular weight is 344 g/mol. The van der Waals surface area contributed by atoms with Crippen molar-refractivity contribution in [1.82, 2.24) is 5.32 Å². The zero-order valence-electron chi connectivity index (χ0n) is 12.7. The van der Waals surface area contributed by atoms with E-state index in [9.17, 15) is 0 Å². The quantitative estimate of drug-likeness (QED) is 0.642. The van der Waals surface area contributed by atoms with Crippen LogP contribution < -0.4 is 10.1 Å². The fourth-order valence-corrected chi connectivity index (χ4v) is 2.26. The van der Waals surface area contributed by atoms with Crippen molar-refractivity contribution in [3.8, 4) is 5.75 Å². The van der Waals surface area contributed by atoms with Gasteiger partial charge in [-0.05, 0) is 38.4 Å². The van der Waals surface area contributed by atoms with Crippen molar-refractivity contribution in [2.24, 2.45) is 0 Å². The molecule has 1 rings (SSSR count). The molecule has 1 aromatic rings. The van der Waals surface area contributed by atoms with E-state index in [-0.39, 0.29) is 6.04 Å². The van der Waals surface area contributed by atoms with Crippen LogP contribution >= 0.6 is 15.9 Å². The van der Waals surface area contributed by atoms with Gasteiger partial charge in [-0.1, -0.05) is 35.8 Å². The lowest BCUT2D eigenvalue weighted by atomic mass is 10.1. The van der Waals surface area contributed by atoms with Crippen molar-refractivity contribution in [2.45, 2.75) is 39.7 Å². The van der Waals surface area contributed by atoms with Gasteiger partial charge in [-0.2, -0.15) is 0 Å². The molecule has 3 nitrogen and oxygen atoms in total. The van der Waals surface area contributed by atoms with E-state index in [1.54, 1.807) is 0 Å². The van der Waals surface area contributed by atoms with Gasteiger partial charge in [-0.15, -0.1) is 0 Å². The molecule has 114 valence electrons. The van der Waals surface area contributed by atoms with Crippen molar-refractivity contribution in [3.63, 3.8) is 0 Å². The highest BCUT2D eigenvalue weighted by molar-refractivity contribution is 9.10. The van der Waals surface area contributed by atoms with E-state index in [1.807, 2.05) is 6.07 Å². The predicted molar refractivity (Wildman–Crippen MR) is 87.5 cm³/mol. The molecule has 0 saturated heterocycles. The molecular formula is C16H26BrNO2. The van der Waals surface area contributed by atoms with Crippen LogP contribution in [0.4, 0.5) is 0 Å². The largest absolute Gasteiger partial charge is 0.491 e. The van der Waals surface area contributed by atoms with Crippen LogP contribution in [0.3, 0.4) is 0 Å². The number of ether oxygens (including phenoxy) is 2. The second-order valence-corrected chi connectivity index (χ2v) is 5.73. The maximum Gasteiger partial charge on any atom is 0.125 e. The minimum atomic E-state index is 0.287. The van der Waals surface area contributed by atoms with Gasteiger partial charge in [-0.25, -0.2) is 0 Å². The van der Waals surface area contributed by atoms with Gasteiger partial charge in [0.25, 0.3) is 0 Å². The summed E-state index contributed by atoms with van der Waals surface area (Å²) in [5.74, 6) is 0.926. The molecular weight excluding hydrogens is 318 g/mol. The van der Waals surface area contributed by atoms with E-state index in [2.05, 4.69) is 54.2 Å². The maximum absolute atomic E-state index is 5.87.